The predicted molar refractivity (Wildman–Crippen MR) is 70.6 cm³/mol. The van der Waals surface area contributed by atoms with E-state index in [9.17, 15) is 9.59 Å². The maximum absolute atomic E-state index is 12.1. The van der Waals surface area contributed by atoms with Gasteiger partial charge in [-0.2, -0.15) is 0 Å². The van der Waals surface area contributed by atoms with Crippen molar-refractivity contribution in [3.63, 3.8) is 0 Å². The van der Waals surface area contributed by atoms with E-state index >= 15 is 0 Å². The summed E-state index contributed by atoms with van der Waals surface area (Å²) in [5, 5.41) is 0. The fourth-order valence-electron chi connectivity index (χ4n) is 1.57. The molecule has 1 N–H and O–H groups in total. The number of anilines is 1. The molecule has 1 rings (SSSR count). The molecule has 96 valence electrons. The average Bonchev–Trinajstić information content (AvgIpc) is 2.32. The zero-order chi connectivity index (χ0) is 12.8. The highest BCUT2D eigenvalue weighted by Gasteiger charge is 2.12. The van der Waals surface area contributed by atoms with Crippen LogP contribution < -0.4 is 16.1 Å². The largest absolute Gasteiger partial charge is 0.365 e. The Labute approximate surface area is 109 Å². The summed E-state index contributed by atoms with van der Waals surface area (Å²) in [6, 6.07) is 0. The molecule has 5 nitrogen and oxygen atoms in total. The van der Waals surface area contributed by atoms with Gasteiger partial charge in [0.05, 0.1) is 0 Å². The average molecular weight is 280 g/mol. The molecule has 0 atom stereocenters. The topological polar surface area (TPSA) is 58.1 Å². The van der Waals surface area contributed by atoms with Crippen LogP contribution in [0.3, 0.4) is 0 Å². The van der Waals surface area contributed by atoms with Crippen molar-refractivity contribution in [1.29, 1.82) is 0 Å². The van der Waals surface area contributed by atoms with Crippen molar-refractivity contribution in [2.45, 2.75) is 13.5 Å². The first kappa shape index (κ1) is 14.1. The zero-order valence-corrected chi connectivity index (χ0v) is 11.1. The second-order valence-electron chi connectivity index (χ2n) is 3.39. The SMILES string of the molecule is CCN(CCCl)c1c[nH]c(=O)n(CCCl)c1=O. The standard InChI is InChI=1S/C10H15Cl2N3O2/c1-2-14(5-3-11)8-7-13-10(17)15(6-4-12)9(8)16/h7H,2-6H2,1H3,(H,13,17). The minimum atomic E-state index is -0.443. The molecule has 1 aromatic rings. The van der Waals surface area contributed by atoms with Crippen LogP contribution in [0.1, 0.15) is 6.92 Å². The van der Waals surface area contributed by atoms with Crippen LogP contribution in [0.5, 0.6) is 0 Å². The Bertz CT molecular complexity index is 469. The van der Waals surface area contributed by atoms with Crippen LogP contribution in [0.25, 0.3) is 0 Å². The van der Waals surface area contributed by atoms with Crippen LogP contribution in [-0.2, 0) is 6.54 Å². The van der Waals surface area contributed by atoms with Gasteiger partial charge in [0.15, 0.2) is 0 Å². The first-order chi connectivity index (χ1) is 8.15. The van der Waals surface area contributed by atoms with E-state index in [0.717, 1.165) is 4.57 Å². The van der Waals surface area contributed by atoms with Crippen LogP contribution in [0.4, 0.5) is 5.69 Å². The van der Waals surface area contributed by atoms with Gasteiger partial charge in [0.2, 0.25) is 0 Å². The molecule has 0 unspecified atom stereocenters. The fraction of sp³-hybridized carbons (Fsp3) is 0.600. The minimum absolute atomic E-state index is 0.196. The lowest BCUT2D eigenvalue weighted by atomic mass is 10.4. The van der Waals surface area contributed by atoms with Crippen molar-refractivity contribution >= 4 is 28.9 Å². The molecule has 0 aliphatic rings. The van der Waals surface area contributed by atoms with E-state index in [1.807, 2.05) is 11.8 Å². The number of hydrogen-bond acceptors (Lipinski definition) is 3. The quantitative estimate of drug-likeness (QED) is 0.786. The summed E-state index contributed by atoms with van der Waals surface area (Å²) in [7, 11) is 0. The Morgan fingerprint density at radius 2 is 2.06 bits per heavy atom. The van der Waals surface area contributed by atoms with E-state index in [0.29, 0.717) is 24.7 Å². The summed E-state index contributed by atoms with van der Waals surface area (Å²) in [4.78, 5) is 27.9. The first-order valence-electron chi connectivity index (χ1n) is 5.35. The molecule has 0 saturated heterocycles. The van der Waals surface area contributed by atoms with E-state index in [1.165, 1.54) is 6.20 Å². The Morgan fingerprint density at radius 3 is 2.59 bits per heavy atom. The number of alkyl halides is 2. The lowest BCUT2D eigenvalue weighted by Gasteiger charge is -2.21. The third-order valence-corrected chi connectivity index (χ3v) is 2.76. The van der Waals surface area contributed by atoms with Crippen molar-refractivity contribution in [3.8, 4) is 0 Å². The van der Waals surface area contributed by atoms with E-state index < -0.39 is 5.69 Å². The second kappa shape index (κ2) is 6.71. The molecule has 0 aromatic carbocycles. The van der Waals surface area contributed by atoms with E-state index in [-0.39, 0.29) is 18.0 Å². The van der Waals surface area contributed by atoms with Gasteiger partial charge in [0.25, 0.3) is 5.56 Å². The summed E-state index contributed by atoms with van der Waals surface area (Å²) in [6.07, 6.45) is 1.42. The highest BCUT2D eigenvalue weighted by atomic mass is 35.5. The summed E-state index contributed by atoms with van der Waals surface area (Å²) in [5.41, 5.74) is -0.333. The number of rotatable bonds is 6. The Hall–Kier alpha value is -0.940. The van der Waals surface area contributed by atoms with Gasteiger partial charge in [-0.3, -0.25) is 9.36 Å². The number of halogens is 2. The molecule has 1 heterocycles. The second-order valence-corrected chi connectivity index (χ2v) is 4.15. The first-order valence-corrected chi connectivity index (χ1v) is 6.42. The predicted octanol–water partition coefficient (Wildman–Crippen LogP) is 0.841. The highest BCUT2D eigenvalue weighted by molar-refractivity contribution is 6.18. The van der Waals surface area contributed by atoms with Crippen molar-refractivity contribution in [3.05, 3.63) is 27.0 Å². The molecule has 0 aliphatic carbocycles. The van der Waals surface area contributed by atoms with Gasteiger partial charge in [0, 0.05) is 37.6 Å². The van der Waals surface area contributed by atoms with Gasteiger partial charge in [0.1, 0.15) is 5.69 Å². The molecular formula is C10H15Cl2N3O2. The Balaban J connectivity index is 3.21. The van der Waals surface area contributed by atoms with Gasteiger partial charge in [-0.1, -0.05) is 0 Å². The molecule has 1 aromatic heterocycles. The summed E-state index contributed by atoms with van der Waals surface area (Å²) in [5.74, 6) is 0.635. The number of aromatic nitrogens is 2. The Kier molecular flexibility index (Phi) is 5.58. The van der Waals surface area contributed by atoms with Gasteiger partial charge in [-0.25, -0.2) is 4.79 Å². The van der Waals surface area contributed by atoms with Crippen molar-refractivity contribution in [2.24, 2.45) is 0 Å². The molecule has 0 spiro atoms. The van der Waals surface area contributed by atoms with Crippen molar-refractivity contribution in [1.82, 2.24) is 9.55 Å². The maximum Gasteiger partial charge on any atom is 0.328 e. The fourth-order valence-corrected chi connectivity index (χ4v) is 1.94. The summed E-state index contributed by atoms with van der Waals surface area (Å²) in [6.45, 7) is 3.32. The number of nitrogens with zero attached hydrogens (tertiary/aromatic N) is 2. The summed E-state index contributed by atoms with van der Waals surface area (Å²) >= 11 is 11.2. The molecule has 0 amide bonds. The molecule has 0 bridgehead atoms. The monoisotopic (exact) mass is 279 g/mol. The molecule has 0 fully saturated rings. The molecule has 0 saturated carbocycles. The Morgan fingerprint density at radius 1 is 1.35 bits per heavy atom. The highest BCUT2D eigenvalue weighted by Crippen LogP contribution is 2.04. The van der Waals surface area contributed by atoms with Gasteiger partial charge < -0.3 is 9.88 Å². The zero-order valence-electron chi connectivity index (χ0n) is 9.58. The van der Waals surface area contributed by atoms with Crippen molar-refractivity contribution < 1.29 is 0 Å². The molecule has 7 heteroatoms. The number of nitrogens with one attached hydrogen (secondary N) is 1. The van der Waals surface area contributed by atoms with Gasteiger partial charge in [-0.15, -0.1) is 23.2 Å². The molecule has 0 radical (unpaired) electrons. The van der Waals surface area contributed by atoms with Crippen LogP contribution in [-0.4, -0.2) is 34.4 Å². The number of hydrogen-bond donors (Lipinski definition) is 1. The van der Waals surface area contributed by atoms with Crippen LogP contribution in [0.2, 0.25) is 0 Å². The third-order valence-electron chi connectivity index (χ3n) is 2.43. The maximum atomic E-state index is 12.1. The minimum Gasteiger partial charge on any atom is -0.365 e. The smallest absolute Gasteiger partial charge is 0.328 e. The van der Waals surface area contributed by atoms with Crippen LogP contribution >= 0.6 is 23.2 Å². The third kappa shape index (κ3) is 3.26. The lowest BCUT2D eigenvalue weighted by molar-refractivity contribution is 0.669. The van der Waals surface area contributed by atoms with Gasteiger partial charge >= 0.3 is 5.69 Å². The van der Waals surface area contributed by atoms with E-state index in [1.54, 1.807) is 0 Å². The van der Waals surface area contributed by atoms with Crippen molar-refractivity contribution in [2.75, 3.05) is 29.7 Å². The molecule has 0 aliphatic heterocycles. The number of H-pyrrole nitrogens is 1. The number of aromatic amines is 1. The molecule has 17 heavy (non-hydrogen) atoms. The van der Waals surface area contributed by atoms with Gasteiger partial charge in [-0.05, 0) is 6.92 Å². The van der Waals surface area contributed by atoms with Crippen LogP contribution in [0, 0.1) is 0 Å². The van der Waals surface area contributed by atoms with E-state index in [4.69, 9.17) is 23.2 Å². The van der Waals surface area contributed by atoms with E-state index in [2.05, 4.69) is 4.98 Å². The molecular weight excluding hydrogens is 265 g/mol. The van der Waals surface area contributed by atoms with Crippen LogP contribution in [0.15, 0.2) is 15.8 Å². The summed E-state index contributed by atoms with van der Waals surface area (Å²) < 4.78 is 1.10. The lowest BCUT2D eigenvalue weighted by Crippen LogP contribution is -2.40. The normalized spacial score (nSPS) is 10.5.